The number of methoxy groups -OCH3 is 1. The molecule has 0 amide bonds. The molecule has 6 heteroatoms. The summed E-state index contributed by atoms with van der Waals surface area (Å²) in [5.74, 6) is -0.294. The Kier molecular flexibility index (Phi) is 4.11. The van der Waals surface area contributed by atoms with E-state index < -0.39 is 5.54 Å². The fourth-order valence-corrected chi connectivity index (χ4v) is 2.57. The maximum atomic E-state index is 12.3. The molecule has 1 atom stereocenters. The maximum absolute atomic E-state index is 12.3. The van der Waals surface area contributed by atoms with Gasteiger partial charge in [0.25, 0.3) is 0 Å². The van der Waals surface area contributed by atoms with E-state index in [1.165, 1.54) is 7.11 Å². The van der Waals surface area contributed by atoms with Crippen LogP contribution in [0.4, 0.5) is 0 Å². The van der Waals surface area contributed by atoms with Gasteiger partial charge in [-0.2, -0.15) is 0 Å². The predicted octanol–water partition coefficient (Wildman–Crippen LogP) is 0.0784. The molecular formula is C13H20N4O2. The molecule has 1 N–H and O–H groups in total. The summed E-state index contributed by atoms with van der Waals surface area (Å²) in [4.78, 5) is 23.1. The van der Waals surface area contributed by atoms with Gasteiger partial charge in [-0.3, -0.25) is 14.9 Å². The standard InChI is InChI=1S/C13H20N4O2/c1-10-11(16-5-4-15-10)13(2,12(18)19-3)17-8-6-14-7-9-17/h4-5,14H,6-9H2,1-3H3. The van der Waals surface area contributed by atoms with E-state index in [1.807, 2.05) is 13.8 Å². The first-order valence-electron chi connectivity index (χ1n) is 6.43. The zero-order valence-electron chi connectivity index (χ0n) is 11.6. The Morgan fingerprint density at radius 1 is 1.37 bits per heavy atom. The van der Waals surface area contributed by atoms with E-state index in [2.05, 4.69) is 20.2 Å². The number of piperazine rings is 1. The Balaban J connectivity index is 2.45. The van der Waals surface area contributed by atoms with Gasteiger partial charge in [-0.25, -0.2) is 4.79 Å². The third kappa shape index (κ3) is 2.46. The molecule has 0 saturated carbocycles. The molecule has 1 saturated heterocycles. The highest BCUT2D eigenvalue weighted by atomic mass is 16.5. The molecule has 0 spiro atoms. The zero-order valence-corrected chi connectivity index (χ0v) is 11.6. The molecule has 2 heterocycles. The first kappa shape index (κ1) is 13.9. The molecule has 6 nitrogen and oxygen atoms in total. The van der Waals surface area contributed by atoms with Crippen LogP contribution in [0.2, 0.25) is 0 Å². The van der Waals surface area contributed by atoms with Gasteiger partial charge in [0.15, 0.2) is 5.54 Å². The fourth-order valence-electron chi connectivity index (χ4n) is 2.57. The first-order valence-corrected chi connectivity index (χ1v) is 6.43. The lowest BCUT2D eigenvalue weighted by molar-refractivity contribution is -0.156. The third-order valence-electron chi connectivity index (χ3n) is 3.67. The van der Waals surface area contributed by atoms with Crippen LogP contribution in [0, 0.1) is 6.92 Å². The van der Waals surface area contributed by atoms with E-state index in [4.69, 9.17) is 4.74 Å². The number of nitrogens with one attached hydrogen (secondary N) is 1. The van der Waals surface area contributed by atoms with Crippen LogP contribution in [0.1, 0.15) is 18.3 Å². The number of ether oxygens (including phenoxy) is 1. The molecule has 1 fully saturated rings. The molecule has 1 aromatic heterocycles. The van der Waals surface area contributed by atoms with Crippen LogP contribution in [0.3, 0.4) is 0 Å². The lowest BCUT2D eigenvalue weighted by Gasteiger charge is -2.41. The molecule has 1 aliphatic heterocycles. The van der Waals surface area contributed by atoms with Crippen molar-refractivity contribution in [3.8, 4) is 0 Å². The minimum absolute atomic E-state index is 0.294. The minimum atomic E-state index is -0.880. The van der Waals surface area contributed by atoms with Crippen molar-refractivity contribution < 1.29 is 9.53 Å². The molecule has 0 aromatic carbocycles. The summed E-state index contributed by atoms with van der Waals surface area (Å²) in [6.07, 6.45) is 3.25. The molecule has 0 radical (unpaired) electrons. The van der Waals surface area contributed by atoms with Crippen molar-refractivity contribution in [1.82, 2.24) is 20.2 Å². The Labute approximate surface area is 113 Å². The summed E-state index contributed by atoms with van der Waals surface area (Å²) in [5, 5.41) is 3.28. The SMILES string of the molecule is COC(=O)C(C)(c1nccnc1C)N1CCNCC1. The Morgan fingerprint density at radius 2 is 2.00 bits per heavy atom. The van der Waals surface area contributed by atoms with Crippen LogP contribution in [0.15, 0.2) is 12.4 Å². The van der Waals surface area contributed by atoms with E-state index in [1.54, 1.807) is 12.4 Å². The second kappa shape index (κ2) is 5.63. The van der Waals surface area contributed by atoms with Gasteiger partial charge in [-0.1, -0.05) is 0 Å². The van der Waals surface area contributed by atoms with Gasteiger partial charge in [0.1, 0.15) is 0 Å². The fraction of sp³-hybridized carbons (Fsp3) is 0.615. The van der Waals surface area contributed by atoms with E-state index in [0.29, 0.717) is 5.69 Å². The van der Waals surface area contributed by atoms with E-state index >= 15 is 0 Å². The van der Waals surface area contributed by atoms with Crippen molar-refractivity contribution in [1.29, 1.82) is 0 Å². The highest BCUT2D eigenvalue weighted by Gasteiger charge is 2.45. The maximum Gasteiger partial charge on any atom is 0.332 e. The largest absolute Gasteiger partial charge is 0.467 e. The van der Waals surface area contributed by atoms with Gasteiger partial charge in [0.05, 0.1) is 18.5 Å². The average Bonchev–Trinajstić information content (AvgIpc) is 2.47. The van der Waals surface area contributed by atoms with Gasteiger partial charge in [-0.05, 0) is 13.8 Å². The number of hydrogen-bond acceptors (Lipinski definition) is 6. The second-order valence-corrected chi connectivity index (χ2v) is 4.79. The summed E-state index contributed by atoms with van der Waals surface area (Å²) in [7, 11) is 1.41. The van der Waals surface area contributed by atoms with E-state index in [9.17, 15) is 4.79 Å². The first-order chi connectivity index (χ1) is 9.10. The van der Waals surface area contributed by atoms with Crippen LogP contribution in [0.5, 0.6) is 0 Å². The topological polar surface area (TPSA) is 67.3 Å². The second-order valence-electron chi connectivity index (χ2n) is 4.79. The van der Waals surface area contributed by atoms with Crippen LogP contribution >= 0.6 is 0 Å². The summed E-state index contributed by atoms with van der Waals surface area (Å²) in [6, 6.07) is 0. The Hall–Kier alpha value is -1.53. The summed E-state index contributed by atoms with van der Waals surface area (Å²) in [5.41, 5.74) is 0.549. The van der Waals surface area contributed by atoms with Crippen molar-refractivity contribution in [3.05, 3.63) is 23.8 Å². The van der Waals surface area contributed by atoms with Gasteiger partial charge >= 0.3 is 5.97 Å². The van der Waals surface area contributed by atoms with Gasteiger partial charge in [-0.15, -0.1) is 0 Å². The molecule has 19 heavy (non-hydrogen) atoms. The number of carbonyl (C=O) groups excluding carboxylic acids is 1. The molecule has 1 aliphatic rings. The third-order valence-corrected chi connectivity index (χ3v) is 3.67. The van der Waals surface area contributed by atoms with Gasteiger partial charge in [0, 0.05) is 38.6 Å². The number of aryl methyl sites for hydroxylation is 1. The van der Waals surface area contributed by atoms with Crippen molar-refractivity contribution in [2.75, 3.05) is 33.3 Å². The normalized spacial score (nSPS) is 19.7. The summed E-state index contributed by atoms with van der Waals surface area (Å²) >= 11 is 0. The quantitative estimate of drug-likeness (QED) is 0.780. The minimum Gasteiger partial charge on any atom is -0.467 e. The highest BCUT2D eigenvalue weighted by molar-refractivity contribution is 5.81. The molecule has 2 rings (SSSR count). The zero-order chi connectivity index (χ0) is 13.9. The number of aromatic nitrogens is 2. The predicted molar refractivity (Wildman–Crippen MR) is 70.6 cm³/mol. The summed E-state index contributed by atoms with van der Waals surface area (Å²) in [6.45, 7) is 6.99. The monoisotopic (exact) mass is 264 g/mol. The van der Waals surface area contributed by atoms with Gasteiger partial charge in [0.2, 0.25) is 0 Å². The van der Waals surface area contributed by atoms with E-state index in [0.717, 1.165) is 31.9 Å². The van der Waals surface area contributed by atoms with Crippen molar-refractivity contribution in [2.24, 2.45) is 0 Å². The number of nitrogens with zero attached hydrogens (tertiary/aromatic N) is 3. The lowest BCUT2D eigenvalue weighted by Crippen LogP contribution is -2.57. The van der Waals surface area contributed by atoms with Crippen molar-refractivity contribution in [2.45, 2.75) is 19.4 Å². The Morgan fingerprint density at radius 3 is 2.58 bits per heavy atom. The lowest BCUT2D eigenvalue weighted by atomic mass is 9.92. The van der Waals surface area contributed by atoms with Crippen molar-refractivity contribution in [3.63, 3.8) is 0 Å². The van der Waals surface area contributed by atoms with Crippen LogP contribution < -0.4 is 5.32 Å². The van der Waals surface area contributed by atoms with Crippen LogP contribution in [-0.2, 0) is 15.1 Å². The Bertz CT molecular complexity index is 460. The highest BCUT2D eigenvalue weighted by Crippen LogP contribution is 2.30. The van der Waals surface area contributed by atoms with Crippen LogP contribution in [-0.4, -0.2) is 54.1 Å². The smallest absolute Gasteiger partial charge is 0.332 e. The molecular weight excluding hydrogens is 244 g/mol. The van der Waals surface area contributed by atoms with Gasteiger partial charge < -0.3 is 10.1 Å². The molecule has 104 valence electrons. The van der Waals surface area contributed by atoms with E-state index in [-0.39, 0.29) is 5.97 Å². The number of carbonyl (C=O) groups is 1. The summed E-state index contributed by atoms with van der Waals surface area (Å²) < 4.78 is 5.01. The molecule has 1 aromatic rings. The molecule has 1 unspecified atom stereocenters. The average molecular weight is 264 g/mol. The number of rotatable bonds is 3. The number of esters is 1. The molecule has 0 bridgehead atoms. The van der Waals surface area contributed by atoms with Crippen molar-refractivity contribution >= 4 is 5.97 Å². The number of hydrogen-bond donors (Lipinski definition) is 1. The van der Waals surface area contributed by atoms with Crippen LogP contribution in [0.25, 0.3) is 0 Å². The molecule has 0 aliphatic carbocycles.